The van der Waals surface area contributed by atoms with E-state index in [0.29, 0.717) is 0 Å². The molecule has 1 aromatic heterocycles. The first kappa shape index (κ1) is 8.49. The van der Waals surface area contributed by atoms with Crippen molar-refractivity contribution in [3.8, 4) is 0 Å². The lowest BCUT2D eigenvalue weighted by Gasteiger charge is -2.05. The summed E-state index contributed by atoms with van der Waals surface area (Å²) in [6.45, 7) is 4.30. The molecule has 0 spiro atoms. The van der Waals surface area contributed by atoms with Crippen molar-refractivity contribution >= 4 is 5.57 Å². The molecule has 0 aliphatic heterocycles. The molecule has 1 aliphatic rings. The molecule has 0 aromatic carbocycles. The lowest BCUT2D eigenvalue weighted by Crippen LogP contribution is -1.94. The van der Waals surface area contributed by atoms with E-state index in [1.54, 1.807) is 0 Å². The molecule has 1 nitrogen and oxygen atoms in total. The second kappa shape index (κ2) is 3.33. The Bertz CT molecular complexity index is 350. The summed E-state index contributed by atoms with van der Waals surface area (Å²) in [4.78, 5) is 4.43. The van der Waals surface area contributed by atoms with Gasteiger partial charge in [0.1, 0.15) is 0 Å². The zero-order valence-electron chi connectivity index (χ0n) is 8.30. The van der Waals surface area contributed by atoms with Crippen LogP contribution in [0.3, 0.4) is 0 Å². The summed E-state index contributed by atoms with van der Waals surface area (Å²) in [7, 11) is 0. The molecular formula is C12H15N. The molecule has 0 unspecified atom stereocenters. The van der Waals surface area contributed by atoms with Gasteiger partial charge in [-0.3, -0.25) is 4.98 Å². The number of aromatic nitrogens is 1. The van der Waals surface area contributed by atoms with Gasteiger partial charge >= 0.3 is 0 Å². The van der Waals surface area contributed by atoms with E-state index in [2.05, 4.69) is 31.0 Å². The Hall–Kier alpha value is -1.11. The van der Waals surface area contributed by atoms with E-state index in [-0.39, 0.29) is 0 Å². The van der Waals surface area contributed by atoms with Gasteiger partial charge in [0.25, 0.3) is 0 Å². The Labute approximate surface area is 79.5 Å². The molecule has 13 heavy (non-hydrogen) atoms. The zero-order valence-corrected chi connectivity index (χ0v) is 8.30. The summed E-state index contributed by atoms with van der Waals surface area (Å²) in [6.07, 6.45) is 7.61. The molecule has 0 amide bonds. The molecule has 68 valence electrons. The Balaban J connectivity index is 2.59. The number of hydrogen-bond acceptors (Lipinski definition) is 1. The van der Waals surface area contributed by atoms with Gasteiger partial charge in [-0.2, -0.15) is 0 Å². The Morgan fingerprint density at radius 1 is 1.46 bits per heavy atom. The van der Waals surface area contributed by atoms with Crippen molar-refractivity contribution in [2.75, 3.05) is 0 Å². The maximum atomic E-state index is 4.43. The number of aryl methyl sites for hydroxylation is 2. The van der Waals surface area contributed by atoms with E-state index in [4.69, 9.17) is 0 Å². The topological polar surface area (TPSA) is 12.9 Å². The highest BCUT2D eigenvalue weighted by Crippen LogP contribution is 2.33. The summed E-state index contributed by atoms with van der Waals surface area (Å²) < 4.78 is 0. The Morgan fingerprint density at radius 2 is 2.31 bits per heavy atom. The number of allylic oxidation sites excluding steroid dienone is 2. The van der Waals surface area contributed by atoms with Crippen molar-refractivity contribution in [3.05, 3.63) is 35.2 Å². The van der Waals surface area contributed by atoms with Crippen LogP contribution in [0.2, 0.25) is 0 Å². The lowest BCUT2D eigenvalue weighted by atomic mass is 10.0. The van der Waals surface area contributed by atoms with Crippen LogP contribution in [0.15, 0.2) is 18.3 Å². The predicted molar refractivity (Wildman–Crippen MR) is 55.6 cm³/mol. The third-order valence-corrected chi connectivity index (χ3v) is 2.78. The minimum Gasteiger partial charge on any atom is -0.261 e. The largest absolute Gasteiger partial charge is 0.261 e. The van der Waals surface area contributed by atoms with Crippen LogP contribution in [0.5, 0.6) is 0 Å². The van der Waals surface area contributed by atoms with Crippen LogP contribution in [-0.2, 0) is 12.8 Å². The second-order valence-electron chi connectivity index (χ2n) is 3.46. The molecule has 0 fully saturated rings. The van der Waals surface area contributed by atoms with Crippen molar-refractivity contribution in [1.29, 1.82) is 0 Å². The fourth-order valence-corrected chi connectivity index (χ4v) is 2.10. The molecule has 0 saturated heterocycles. The standard InChI is InChI=1S/C12H15N/c1-3-9-5-6-10-7-8-13-11(4-2)12(9)10/h3,7-8H,4-6H2,1-2H3/b9-3-. The second-order valence-corrected chi connectivity index (χ2v) is 3.46. The number of pyridine rings is 1. The van der Waals surface area contributed by atoms with Gasteiger partial charge in [0.2, 0.25) is 0 Å². The fraction of sp³-hybridized carbons (Fsp3) is 0.417. The third kappa shape index (κ3) is 1.28. The van der Waals surface area contributed by atoms with E-state index in [9.17, 15) is 0 Å². The quantitative estimate of drug-likeness (QED) is 0.636. The van der Waals surface area contributed by atoms with Crippen LogP contribution >= 0.6 is 0 Å². The average molecular weight is 173 g/mol. The minimum absolute atomic E-state index is 1.04. The van der Waals surface area contributed by atoms with Crippen molar-refractivity contribution in [3.63, 3.8) is 0 Å². The highest BCUT2D eigenvalue weighted by atomic mass is 14.7. The molecule has 1 aromatic rings. The van der Waals surface area contributed by atoms with Crippen LogP contribution in [-0.4, -0.2) is 4.98 Å². The molecule has 0 atom stereocenters. The first-order chi connectivity index (χ1) is 6.36. The monoisotopic (exact) mass is 173 g/mol. The van der Waals surface area contributed by atoms with Crippen LogP contribution in [0.25, 0.3) is 5.57 Å². The number of hydrogen-bond donors (Lipinski definition) is 0. The van der Waals surface area contributed by atoms with E-state index >= 15 is 0 Å². The highest BCUT2D eigenvalue weighted by molar-refractivity contribution is 5.73. The SMILES string of the molecule is C/C=C1/CCc2ccnc(CC)c21. The molecule has 1 aliphatic carbocycles. The van der Waals surface area contributed by atoms with Gasteiger partial charge in [0.05, 0.1) is 0 Å². The first-order valence-electron chi connectivity index (χ1n) is 4.99. The van der Waals surface area contributed by atoms with Gasteiger partial charge in [-0.1, -0.05) is 13.0 Å². The van der Waals surface area contributed by atoms with Gasteiger partial charge < -0.3 is 0 Å². The van der Waals surface area contributed by atoms with E-state index in [1.165, 1.54) is 35.2 Å². The maximum Gasteiger partial charge on any atom is 0.0478 e. The van der Waals surface area contributed by atoms with Gasteiger partial charge in [-0.15, -0.1) is 0 Å². The molecule has 1 heterocycles. The van der Waals surface area contributed by atoms with E-state index in [1.807, 2.05) is 6.20 Å². The minimum atomic E-state index is 1.04. The van der Waals surface area contributed by atoms with Crippen molar-refractivity contribution < 1.29 is 0 Å². The van der Waals surface area contributed by atoms with Gasteiger partial charge in [-0.25, -0.2) is 0 Å². The van der Waals surface area contributed by atoms with Crippen LogP contribution in [0, 0.1) is 0 Å². The van der Waals surface area contributed by atoms with Crippen LogP contribution < -0.4 is 0 Å². The number of rotatable bonds is 1. The van der Waals surface area contributed by atoms with E-state index in [0.717, 1.165) is 6.42 Å². The first-order valence-corrected chi connectivity index (χ1v) is 4.99. The fourth-order valence-electron chi connectivity index (χ4n) is 2.10. The molecule has 0 N–H and O–H groups in total. The maximum absolute atomic E-state index is 4.43. The normalized spacial score (nSPS) is 17.8. The van der Waals surface area contributed by atoms with Gasteiger partial charge in [0, 0.05) is 17.5 Å². The summed E-state index contributed by atoms with van der Waals surface area (Å²) in [5, 5.41) is 0. The third-order valence-electron chi connectivity index (χ3n) is 2.78. The molecule has 0 saturated carbocycles. The van der Waals surface area contributed by atoms with Crippen LogP contribution in [0.4, 0.5) is 0 Å². The zero-order chi connectivity index (χ0) is 9.26. The lowest BCUT2D eigenvalue weighted by molar-refractivity contribution is 1.01. The molecular weight excluding hydrogens is 158 g/mol. The number of nitrogens with zero attached hydrogens (tertiary/aromatic N) is 1. The highest BCUT2D eigenvalue weighted by Gasteiger charge is 2.18. The molecule has 0 radical (unpaired) electrons. The number of fused-ring (bicyclic) bond motifs is 1. The molecule has 0 bridgehead atoms. The predicted octanol–water partition coefficient (Wildman–Crippen LogP) is 2.99. The van der Waals surface area contributed by atoms with Crippen molar-refractivity contribution in [2.45, 2.75) is 33.1 Å². The molecule has 1 heteroatoms. The average Bonchev–Trinajstić information content (AvgIpc) is 2.60. The summed E-state index contributed by atoms with van der Waals surface area (Å²) in [6, 6.07) is 2.16. The summed E-state index contributed by atoms with van der Waals surface area (Å²) in [5.74, 6) is 0. The van der Waals surface area contributed by atoms with E-state index < -0.39 is 0 Å². The summed E-state index contributed by atoms with van der Waals surface area (Å²) in [5.41, 5.74) is 5.68. The van der Waals surface area contributed by atoms with Crippen molar-refractivity contribution in [1.82, 2.24) is 4.98 Å². The van der Waals surface area contributed by atoms with Crippen LogP contribution in [0.1, 0.15) is 37.1 Å². The smallest absolute Gasteiger partial charge is 0.0478 e. The van der Waals surface area contributed by atoms with Crippen molar-refractivity contribution in [2.24, 2.45) is 0 Å². The Kier molecular flexibility index (Phi) is 2.17. The van der Waals surface area contributed by atoms with Gasteiger partial charge in [0.15, 0.2) is 0 Å². The summed E-state index contributed by atoms with van der Waals surface area (Å²) >= 11 is 0. The van der Waals surface area contributed by atoms with Gasteiger partial charge in [-0.05, 0) is 43.4 Å². The molecule has 2 rings (SSSR count). The Morgan fingerprint density at radius 3 is 3.00 bits per heavy atom.